The molecule has 0 bridgehead atoms. The molecule has 23 heavy (non-hydrogen) atoms. The van der Waals surface area contributed by atoms with Gasteiger partial charge in [-0.05, 0) is 13.8 Å². The van der Waals surface area contributed by atoms with Crippen molar-refractivity contribution in [3.8, 4) is 0 Å². The van der Waals surface area contributed by atoms with Crippen molar-refractivity contribution in [3.63, 3.8) is 0 Å². The van der Waals surface area contributed by atoms with Crippen LogP contribution in [0, 0.1) is 0 Å². The fourth-order valence-electron chi connectivity index (χ4n) is 2.23. The van der Waals surface area contributed by atoms with Gasteiger partial charge in [-0.2, -0.15) is 16.7 Å². The normalized spacial score (nSPS) is 19.0. The van der Waals surface area contributed by atoms with E-state index >= 15 is 0 Å². The molecule has 1 N–H and O–H groups in total. The molecule has 1 saturated heterocycles. The number of amides is 1. The molecule has 1 aromatic heterocycles. The number of hydrogen-bond acceptors (Lipinski definition) is 7. The van der Waals surface area contributed by atoms with Gasteiger partial charge in [-0.25, -0.2) is 0 Å². The highest BCUT2D eigenvalue weighted by molar-refractivity contribution is 7.99. The van der Waals surface area contributed by atoms with Crippen LogP contribution in [-0.2, 0) is 16.1 Å². The highest BCUT2D eigenvalue weighted by Crippen LogP contribution is 2.15. The minimum atomic E-state index is -0.202. The molecule has 1 aliphatic heterocycles. The Bertz CT molecular complexity index is 482. The van der Waals surface area contributed by atoms with Gasteiger partial charge in [-0.1, -0.05) is 5.16 Å². The standard InChI is InChI=1S/C14H24N4O3S.ClH/c1-4-20-10(2)14-16-12(21-17-14)8-18(3)13(19)7-11-9-22-6-5-15-11;/h10-11,15H,4-9H2,1-3H3;1H. The minimum absolute atomic E-state index is 0. The van der Waals surface area contributed by atoms with E-state index in [9.17, 15) is 4.79 Å². The van der Waals surface area contributed by atoms with E-state index in [0.29, 0.717) is 31.3 Å². The lowest BCUT2D eigenvalue weighted by molar-refractivity contribution is -0.131. The van der Waals surface area contributed by atoms with E-state index in [1.807, 2.05) is 25.6 Å². The summed E-state index contributed by atoms with van der Waals surface area (Å²) in [7, 11) is 1.76. The molecule has 9 heteroatoms. The fraction of sp³-hybridized carbons (Fsp3) is 0.786. The first-order valence-corrected chi connectivity index (χ1v) is 8.74. The molecule has 0 spiro atoms. The molecular weight excluding hydrogens is 340 g/mol. The number of rotatable bonds is 7. The molecule has 0 radical (unpaired) electrons. The lowest BCUT2D eigenvalue weighted by atomic mass is 10.2. The van der Waals surface area contributed by atoms with Gasteiger partial charge >= 0.3 is 0 Å². The SMILES string of the molecule is CCOC(C)c1noc(CN(C)C(=O)CC2CSCCN2)n1.Cl. The summed E-state index contributed by atoms with van der Waals surface area (Å²) in [5.74, 6) is 3.13. The summed E-state index contributed by atoms with van der Waals surface area (Å²) in [4.78, 5) is 18.1. The van der Waals surface area contributed by atoms with Gasteiger partial charge in [0.15, 0.2) is 5.82 Å². The lowest BCUT2D eigenvalue weighted by Crippen LogP contribution is -2.41. The summed E-state index contributed by atoms with van der Waals surface area (Å²) < 4.78 is 10.6. The Hall–Kier alpha value is -0.830. The Morgan fingerprint density at radius 1 is 1.61 bits per heavy atom. The molecule has 0 aromatic carbocycles. The lowest BCUT2D eigenvalue weighted by Gasteiger charge is -2.24. The largest absolute Gasteiger partial charge is 0.371 e. The molecule has 1 fully saturated rings. The third-order valence-corrected chi connectivity index (χ3v) is 4.61. The maximum absolute atomic E-state index is 12.2. The predicted octanol–water partition coefficient (Wildman–Crippen LogP) is 1.64. The Morgan fingerprint density at radius 3 is 3.04 bits per heavy atom. The smallest absolute Gasteiger partial charge is 0.246 e. The average Bonchev–Trinajstić information content (AvgIpc) is 2.97. The van der Waals surface area contributed by atoms with Crippen LogP contribution < -0.4 is 5.32 Å². The molecule has 1 aromatic rings. The van der Waals surface area contributed by atoms with Crippen molar-refractivity contribution in [2.75, 3.05) is 31.7 Å². The van der Waals surface area contributed by atoms with Crippen molar-refractivity contribution in [2.24, 2.45) is 0 Å². The molecular formula is C14H25ClN4O3S. The first-order chi connectivity index (χ1) is 10.6. The van der Waals surface area contributed by atoms with Crippen LogP contribution in [-0.4, -0.2) is 58.7 Å². The summed E-state index contributed by atoms with van der Waals surface area (Å²) in [5, 5.41) is 7.26. The second-order valence-corrected chi connectivity index (χ2v) is 6.47. The summed E-state index contributed by atoms with van der Waals surface area (Å²) in [6.07, 6.45) is 0.298. The van der Waals surface area contributed by atoms with E-state index in [2.05, 4.69) is 15.5 Å². The Morgan fingerprint density at radius 2 is 2.39 bits per heavy atom. The van der Waals surface area contributed by atoms with Crippen molar-refractivity contribution < 1.29 is 14.1 Å². The molecule has 132 valence electrons. The summed E-state index contributed by atoms with van der Waals surface area (Å²) in [5.41, 5.74) is 0. The van der Waals surface area contributed by atoms with Crippen molar-refractivity contribution >= 4 is 30.1 Å². The zero-order chi connectivity index (χ0) is 15.9. The van der Waals surface area contributed by atoms with E-state index in [4.69, 9.17) is 9.26 Å². The van der Waals surface area contributed by atoms with E-state index in [-0.39, 0.29) is 30.5 Å². The Kier molecular flexibility index (Phi) is 8.90. The molecule has 0 aliphatic carbocycles. The monoisotopic (exact) mass is 364 g/mol. The van der Waals surface area contributed by atoms with Crippen LogP contribution in [0.4, 0.5) is 0 Å². The topological polar surface area (TPSA) is 80.5 Å². The molecule has 1 aliphatic rings. The Labute approximate surface area is 147 Å². The first kappa shape index (κ1) is 20.2. The highest BCUT2D eigenvalue weighted by atomic mass is 35.5. The van der Waals surface area contributed by atoms with Gasteiger partial charge in [0.25, 0.3) is 0 Å². The number of ether oxygens (including phenoxy) is 1. The number of hydrogen-bond donors (Lipinski definition) is 1. The predicted molar refractivity (Wildman–Crippen MR) is 91.8 cm³/mol. The van der Waals surface area contributed by atoms with Crippen LogP contribution in [0.3, 0.4) is 0 Å². The number of carbonyl (C=O) groups excluding carboxylic acids is 1. The quantitative estimate of drug-likeness (QED) is 0.787. The Balaban J connectivity index is 0.00000264. The number of aromatic nitrogens is 2. The zero-order valence-electron chi connectivity index (χ0n) is 13.8. The third-order valence-electron chi connectivity index (χ3n) is 3.48. The van der Waals surface area contributed by atoms with Crippen molar-refractivity contribution in [2.45, 2.75) is 39.0 Å². The second-order valence-electron chi connectivity index (χ2n) is 5.32. The van der Waals surface area contributed by atoms with Crippen molar-refractivity contribution in [1.82, 2.24) is 20.4 Å². The van der Waals surface area contributed by atoms with E-state index in [0.717, 1.165) is 18.1 Å². The van der Waals surface area contributed by atoms with Crippen LogP contribution in [0.1, 0.15) is 38.1 Å². The van der Waals surface area contributed by atoms with Crippen molar-refractivity contribution in [1.29, 1.82) is 0 Å². The van der Waals surface area contributed by atoms with Gasteiger partial charge in [0.05, 0.1) is 6.54 Å². The number of thioether (sulfide) groups is 1. The van der Waals surface area contributed by atoms with Crippen LogP contribution in [0.5, 0.6) is 0 Å². The van der Waals surface area contributed by atoms with Crippen LogP contribution in [0.2, 0.25) is 0 Å². The van der Waals surface area contributed by atoms with Gasteiger partial charge in [0.1, 0.15) is 6.10 Å². The molecule has 7 nitrogen and oxygen atoms in total. The van der Waals surface area contributed by atoms with Crippen LogP contribution in [0.25, 0.3) is 0 Å². The van der Waals surface area contributed by atoms with E-state index < -0.39 is 0 Å². The summed E-state index contributed by atoms with van der Waals surface area (Å²) >= 11 is 1.88. The summed E-state index contributed by atoms with van der Waals surface area (Å²) in [6, 6.07) is 0.255. The van der Waals surface area contributed by atoms with Gasteiger partial charge in [0.2, 0.25) is 11.8 Å². The number of carbonyl (C=O) groups is 1. The molecule has 0 saturated carbocycles. The van der Waals surface area contributed by atoms with Crippen molar-refractivity contribution in [3.05, 3.63) is 11.7 Å². The number of halogens is 1. The van der Waals surface area contributed by atoms with Gasteiger partial charge in [-0.3, -0.25) is 4.79 Å². The first-order valence-electron chi connectivity index (χ1n) is 7.59. The number of nitrogens with one attached hydrogen (secondary N) is 1. The van der Waals surface area contributed by atoms with Crippen LogP contribution >= 0.6 is 24.2 Å². The highest BCUT2D eigenvalue weighted by Gasteiger charge is 2.21. The maximum Gasteiger partial charge on any atom is 0.246 e. The molecule has 1 amide bonds. The van der Waals surface area contributed by atoms with E-state index in [1.54, 1.807) is 11.9 Å². The van der Waals surface area contributed by atoms with Gasteiger partial charge < -0.3 is 19.5 Å². The molecule has 2 unspecified atom stereocenters. The van der Waals surface area contributed by atoms with Gasteiger partial charge in [-0.15, -0.1) is 12.4 Å². The van der Waals surface area contributed by atoms with Crippen LogP contribution in [0.15, 0.2) is 4.52 Å². The third kappa shape index (κ3) is 6.29. The molecule has 2 atom stereocenters. The minimum Gasteiger partial charge on any atom is -0.371 e. The molecule has 2 rings (SSSR count). The van der Waals surface area contributed by atoms with Gasteiger partial charge in [0, 0.05) is 44.2 Å². The second kappa shape index (κ2) is 10.1. The fourth-order valence-corrected chi connectivity index (χ4v) is 3.18. The summed E-state index contributed by atoms with van der Waals surface area (Å²) in [6.45, 7) is 5.68. The van der Waals surface area contributed by atoms with E-state index in [1.165, 1.54) is 0 Å². The molecule has 2 heterocycles. The number of nitrogens with zero attached hydrogens (tertiary/aromatic N) is 3. The average molecular weight is 365 g/mol. The zero-order valence-corrected chi connectivity index (χ0v) is 15.4. The maximum atomic E-state index is 12.2.